The number of carbonyl (C=O) groups is 2. The van der Waals surface area contributed by atoms with E-state index >= 15 is 0 Å². The van der Waals surface area contributed by atoms with Gasteiger partial charge in [-0.05, 0) is 37.3 Å². The van der Waals surface area contributed by atoms with Crippen LogP contribution in [0, 0.1) is 12.8 Å². The average molecular weight is 331 g/mol. The Balaban J connectivity index is 1.94. The van der Waals surface area contributed by atoms with E-state index in [1.54, 1.807) is 0 Å². The molecule has 3 atom stereocenters. The van der Waals surface area contributed by atoms with Crippen molar-refractivity contribution in [1.82, 2.24) is 10.2 Å². The fraction of sp³-hybridized carbons (Fsp3) is 0.579. The number of benzene rings is 1. The van der Waals surface area contributed by atoms with Crippen LogP contribution in [-0.4, -0.2) is 41.9 Å². The number of carbonyl (C=O) groups excluding carboxylic acids is 2. The highest BCUT2D eigenvalue weighted by molar-refractivity contribution is 5.87. The quantitative estimate of drug-likeness (QED) is 0.864. The van der Waals surface area contributed by atoms with Gasteiger partial charge in [-0.25, -0.2) is 0 Å². The lowest BCUT2D eigenvalue weighted by molar-refractivity contribution is -0.133. The normalized spacial score (nSPS) is 21.8. The van der Waals surface area contributed by atoms with Crippen LogP contribution >= 0.6 is 0 Å². The Bertz CT molecular complexity index is 600. The summed E-state index contributed by atoms with van der Waals surface area (Å²) in [5.74, 6) is 0.110. The summed E-state index contributed by atoms with van der Waals surface area (Å²) < 4.78 is 0. The second-order valence-corrected chi connectivity index (χ2v) is 7.17. The number of nitrogens with two attached hydrogens (primary N) is 1. The molecular formula is C19H29N3O2. The lowest BCUT2D eigenvalue weighted by Gasteiger charge is -2.23. The molecule has 0 saturated carbocycles. The van der Waals surface area contributed by atoms with E-state index in [1.165, 1.54) is 11.1 Å². The number of nitrogens with zero attached hydrogens (tertiary/aromatic N) is 1. The highest BCUT2D eigenvalue weighted by Gasteiger charge is 2.33. The third-order valence-corrected chi connectivity index (χ3v) is 4.96. The minimum atomic E-state index is -0.575. The molecule has 24 heavy (non-hydrogen) atoms. The molecule has 0 aromatic heterocycles. The molecule has 1 aliphatic rings. The van der Waals surface area contributed by atoms with E-state index in [0.717, 1.165) is 6.42 Å². The molecule has 0 bridgehead atoms. The van der Waals surface area contributed by atoms with Gasteiger partial charge in [0.05, 0.1) is 12.6 Å². The molecule has 1 fully saturated rings. The molecule has 0 aliphatic carbocycles. The molecule has 2 rings (SSSR count). The number of amides is 2. The molecular weight excluding hydrogens is 302 g/mol. The Morgan fingerprint density at radius 3 is 2.62 bits per heavy atom. The average Bonchev–Trinajstić information content (AvgIpc) is 2.93. The lowest BCUT2D eigenvalue weighted by Crippen LogP contribution is -2.48. The molecule has 1 aromatic rings. The van der Waals surface area contributed by atoms with E-state index in [0.29, 0.717) is 12.5 Å². The van der Waals surface area contributed by atoms with Crippen LogP contribution in [0.2, 0.25) is 0 Å². The van der Waals surface area contributed by atoms with E-state index in [2.05, 4.69) is 31.3 Å². The fourth-order valence-electron chi connectivity index (χ4n) is 3.33. The van der Waals surface area contributed by atoms with Crippen molar-refractivity contribution in [2.75, 3.05) is 13.1 Å². The summed E-state index contributed by atoms with van der Waals surface area (Å²) in [6, 6.07) is 7.94. The fourth-order valence-corrected chi connectivity index (χ4v) is 3.33. The van der Waals surface area contributed by atoms with Gasteiger partial charge in [0.2, 0.25) is 11.8 Å². The predicted octanol–water partition coefficient (Wildman–Crippen LogP) is 1.80. The standard InChI is InChI=1S/C19H29N3O2/c1-12(2)18(20)19(24)21-10-17(23)22-11-15(9-14(22)4)16-8-6-5-7-13(16)3/h5-8,12,14-15,18H,9-11,20H2,1-4H3,(H,21,24)/t14?,15?,18-/m0/s1. The molecule has 2 amide bonds. The van der Waals surface area contributed by atoms with Crippen LogP contribution in [0.3, 0.4) is 0 Å². The Morgan fingerprint density at radius 1 is 1.33 bits per heavy atom. The van der Waals surface area contributed by atoms with Crippen LogP contribution in [0.15, 0.2) is 24.3 Å². The van der Waals surface area contributed by atoms with Gasteiger partial charge >= 0.3 is 0 Å². The van der Waals surface area contributed by atoms with Crippen molar-refractivity contribution in [3.05, 3.63) is 35.4 Å². The summed E-state index contributed by atoms with van der Waals surface area (Å²) in [4.78, 5) is 26.3. The van der Waals surface area contributed by atoms with Crippen LogP contribution in [-0.2, 0) is 9.59 Å². The van der Waals surface area contributed by atoms with Crippen LogP contribution < -0.4 is 11.1 Å². The zero-order valence-electron chi connectivity index (χ0n) is 15.1. The Labute approximate surface area is 144 Å². The predicted molar refractivity (Wildman–Crippen MR) is 95.5 cm³/mol. The molecule has 2 unspecified atom stereocenters. The number of hydrogen-bond donors (Lipinski definition) is 2. The SMILES string of the molecule is Cc1ccccc1C1CC(C)N(C(=O)CNC(=O)[C@@H](N)C(C)C)C1. The number of nitrogens with one attached hydrogen (secondary N) is 1. The summed E-state index contributed by atoms with van der Waals surface area (Å²) in [5.41, 5.74) is 8.38. The second kappa shape index (κ2) is 7.79. The number of likely N-dealkylation sites (tertiary alicyclic amines) is 1. The molecule has 1 heterocycles. The van der Waals surface area contributed by atoms with Gasteiger partial charge in [-0.2, -0.15) is 0 Å². The minimum absolute atomic E-state index is 0.0179. The molecule has 1 aromatic carbocycles. The van der Waals surface area contributed by atoms with Crippen molar-refractivity contribution in [2.45, 2.75) is 52.1 Å². The van der Waals surface area contributed by atoms with Gasteiger partial charge in [0, 0.05) is 18.5 Å². The zero-order chi connectivity index (χ0) is 17.9. The van der Waals surface area contributed by atoms with Gasteiger partial charge < -0.3 is 16.0 Å². The third-order valence-electron chi connectivity index (χ3n) is 4.96. The number of rotatable bonds is 5. The Morgan fingerprint density at radius 2 is 2.00 bits per heavy atom. The first-order chi connectivity index (χ1) is 11.3. The summed E-state index contributed by atoms with van der Waals surface area (Å²) in [7, 11) is 0. The zero-order valence-corrected chi connectivity index (χ0v) is 15.1. The smallest absolute Gasteiger partial charge is 0.242 e. The second-order valence-electron chi connectivity index (χ2n) is 7.17. The highest BCUT2D eigenvalue weighted by Crippen LogP contribution is 2.33. The van der Waals surface area contributed by atoms with Crippen LogP contribution in [0.4, 0.5) is 0 Å². The Kier molecular flexibility index (Phi) is 5.99. The van der Waals surface area contributed by atoms with Gasteiger partial charge in [0.1, 0.15) is 0 Å². The molecule has 1 saturated heterocycles. The molecule has 0 radical (unpaired) electrons. The monoisotopic (exact) mass is 331 g/mol. The lowest BCUT2D eigenvalue weighted by atomic mass is 9.93. The van der Waals surface area contributed by atoms with E-state index in [4.69, 9.17) is 5.73 Å². The van der Waals surface area contributed by atoms with Gasteiger partial charge in [0.15, 0.2) is 0 Å². The maximum atomic E-state index is 12.5. The third kappa shape index (κ3) is 4.15. The summed E-state index contributed by atoms with van der Waals surface area (Å²) in [5, 5.41) is 2.67. The van der Waals surface area contributed by atoms with Gasteiger partial charge in [0.25, 0.3) is 0 Å². The number of hydrogen-bond acceptors (Lipinski definition) is 3. The molecule has 1 aliphatic heterocycles. The maximum absolute atomic E-state index is 12.5. The first-order valence-electron chi connectivity index (χ1n) is 8.69. The van der Waals surface area contributed by atoms with Crippen LogP contribution in [0.25, 0.3) is 0 Å². The van der Waals surface area contributed by atoms with Crippen LogP contribution in [0.1, 0.15) is 44.2 Å². The van der Waals surface area contributed by atoms with Crippen molar-refractivity contribution in [1.29, 1.82) is 0 Å². The molecule has 5 heteroatoms. The Hall–Kier alpha value is -1.88. The first-order valence-corrected chi connectivity index (χ1v) is 8.69. The van der Waals surface area contributed by atoms with Crippen molar-refractivity contribution >= 4 is 11.8 Å². The first kappa shape index (κ1) is 18.5. The molecule has 3 N–H and O–H groups in total. The van der Waals surface area contributed by atoms with E-state index in [-0.39, 0.29) is 30.3 Å². The highest BCUT2D eigenvalue weighted by atomic mass is 16.2. The molecule has 5 nitrogen and oxygen atoms in total. The summed E-state index contributed by atoms with van der Waals surface area (Å²) in [6.45, 7) is 8.68. The minimum Gasteiger partial charge on any atom is -0.346 e. The largest absolute Gasteiger partial charge is 0.346 e. The van der Waals surface area contributed by atoms with Crippen LogP contribution in [0.5, 0.6) is 0 Å². The molecule has 0 spiro atoms. The van der Waals surface area contributed by atoms with Gasteiger partial charge in [-0.3, -0.25) is 9.59 Å². The van der Waals surface area contributed by atoms with E-state index < -0.39 is 6.04 Å². The topological polar surface area (TPSA) is 75.4 Å². The molecule has 132 valence electrons. The van der Waals surface area contributed by atoms with Crippen molar-refractivity contribution in [3.8, 4) is 0 Å². The van der Waals surface area contributed by atoms with Gasteiger partial charge in [-0.15, -0.1) is 0 Å². The van der Waals surface area contributed by atoms with E-state index in [9.17, 15) is 9.59 Å². The van der Waals surface area contributed by atoms with Crippen molar-refractivity contribution in [2.24, 2.45) is 11.7 Å². The maximum Gasteiger partial charge on any atom is 0.242 e. The summed E-state index contributed by atoms with van der Waals surface area (Å²) >= 11 is 0. The number of aryl methyl sites for hydroxylation is 1. The van der Waals surface area contributed by atoms with Gasteiger partial charge in [-0.1, -0.05) is 38.1 Å². The van der Waals surface area contributed by atoms with E-state index in [1.807, 2.05) is 30.9 Å². The van der Waals surface area contributed by atoms with Crippen molar-refractivity contribution in [3.63, 3.8) is 0 Å². The summed E-state index contributed by atoms with van der Waals surface area (Å²) in [6.07, 6.45) is 0.954. The van der Waals surface area contributed by atoms with Crippen molar-refractivity contribution < 1.29 is 9.59 Å².